The number of nitrogens with one attached hydrogen (secondary N) is 1. The van der Waals surface area contributed by atoms with Crippen LogP contribution in [-0.2, 0) is 20.9 Å². The number of ether oxygens (including phenoxy) is 1. The summed E-state index contributed by atoms with van der Waals surface area (Å²) in [5.74, 6) is 0.594. The fraction of sp³-hybridized carbons (Fsp3) is 0.231. The van der Waals surface area contributed by atoms with Crippen molar-refractivity contribution in [3.8, 4) is 10.6 Å². The molecule has 6 heteroatoms. The summed E-state index contributed by atoms with van der Waals surface area (Å²) in [6.45, 7) is 1.26. The average molecular weight is 279 g/mol. The largest absolute Gasteiger partial charge is 0.458 e. The molecule has 0 unspecified atom stereocenters. The molecule has 0 aliphatic carbocycles. The van der Waals surface area contributed by atoms with Crippen LogP contribution in [0.4, 0.5) is 0 Å². The van der Waals surface area contributed by atoms with E-state index in [2.05, 4.69) is 10.1 Å². The number of amides is 1. The Balaban J connectivity index is 1.84. The molecule has 0 spiro atoms. The van der Waals surface area contributed by atoms with Crippen LogP contribution in [0.25, 0.3) is 10.6 Å². The van der Waals surface area contributed by atoms with E-state index in [9.17, 15) is 9.59 Å². The van der Waals surface area contributed by atoms with Crippen LogP contribution in [0, 0.1) is 0 Å². The Bertz CT molecular complexity index is 559. The summed E-state index contributed by atoms with van der Waals surface area (Å²) in [6, 6.07) is 7.58. The van der Waals surface area contributed by atoms with Gasteiger partial charge in [0.2, 0.25) is 0 Å². The lowest BCUT2D eigenvalue weighted by atomic mass is 10.3. The minimum absolute atomic E-state index is 0.269. The quantitative estimate of drug-likeness (QED) is 0.852. The van der Waals surface area contributed by atoms with Gasteiger partial charge >= 0.3 is 5.97 Å². The molecule has 0 atom stereocenters. The van der Waals surface area contributed by atoms with Crippen molar-refractivity contribution in [1.82, 2.24) is 5.32 Å². The van der Waals surface area contributed by atoms with Crippen LogP contribution in [0.5, 0.6) is 0 Å². The third-order valence-electron chi connectivity index (χ3n) is 2.29. The monoisotopic (exact) mass is 279 g/mol. The molecule has 0 saturated carbocycles. The summed E-state index contributed by atoms with van der Waals surface area (Å²) in [6.07, 6.45) is 0. The predicted octanol–water partition coefficient (Wildman–Crippen LogP) is 2.19. The number of carbonyl (C=O) groups excluding carboxylic acids is 2. The van der Waals surface area contributed by atoms with Crippen LogP contribution in [0.2, 0.25) is 0 Å². The first-order chi connectivity index (χ1) is 9.15. The molecule has 0 bridgehead atoms. The van der Waals surface area contributed by atoms with Gasteiger partial charge in [0.25, 0.3) is 5.91 Å². The standard InChI is InChI=1S/C13H13NO4S/c1-9(15)17-8-13(16)14-7-10-4-5-11(18-10)12-3-2-6-19-12/h2-6H,7-8H2,1H3,(H,14,16). The maximum Gasteiger partial charge on any atom is 0.303 e. The van der Waals surface area contributed by atoms with E-state index in [1.807, 2.05) is 23.6 Å². The summed E-state index contributed by atoms with van der Waals surface area (Å²) in [5.41, 5.74) is 0. The van der Waals surface area contributed by atoms with Crippen LogP contribution in [0.15, 0.2) is 34.1 Å². The van der Waals surface area contributed by atoms with E-state index in [1.165, 1.54) is 6.92 Å². The molecule has 19 heavy (non-hydrogen) atoms. The van der Waals surface area contributed by atoms with Crippen molar-refractivity contribution in [1.29, 1.82) is 0 Å². The van der Waals surface area contributed by atoms with Crippen molar-refractivity contribution in [2.75, 3.05) is 6.61 Å². The maximum absolute atomic E-state index is 11.3. The summed E-state index contributed by atoms with van der Waals surface area (Å²) >= 11 is 1.59. The number of esters is 1. The highest BCUT2D eigenvalue weighted by Crippen LogP contribution is 2.26. The molecular weight excluding hydrogens is 266 g/mol. The zero-order chi connectivity index (χ0) is 13.7. The Labute approximate surface area is 114 Å². The zero-order valence-corrected chi connectivity index (χ0v) is 11.2. The van der Waals surface area contributed by atoms with Crippen LogP contribution >= 0.6 is 11.3 Å². The van der Waals surface area contributed by atoms with E-state index >= 15 is 0 Å². The molecule has 2 aromatic rings. The van der Waals surface area contributed by atoms with Gasteiger partial charge in [-0.15, -0.1) is 11.3 Å². The first-order valence-corrected chi connectivity index (χ1v) is 6.56. The van der Waals surface area contributed by atoms with Crippen molar-refractivity contribution < 1.29 is 18.7 Å². The second-order valence-electron chi connectivity index (χ2n) is 3.80. The van der Waals surface area contributed by atoms with Crippen LogP contribution in [0.1, 0.15) is 12.7 Å². The Morgan fingerprint density at radius 3 is 2.89 bits per heavy atom. The average Bonchev–Trinajstić information content (AvgIpc) is 3.03. The number of rotatable bonds is 5. The molecule has 100 valence electrons. The third kappa shape index (κ3) is 3.96. The Kier molecular flexibility index (Phi) is 4.35. The van der Waals surface area contributed by atoms with E-state index in [0.717, 1.165) is 10.6 Å². The Morgan fingerprint density at radius 1 is 1.37 bits per heavy atom. The van der Waals surface area contributed by atoms with Crippen LogP contribution in [-0.4, -0.2) is 18.5 Å². The lowest BCUT2D eigenvalue weighted by molar-refractivity contribution is -0.146. The van der Waals surface area contributed by atoms with E-state index < -0.39 is 5.97 Å². The normalized spacial score (nSPS) is 10.2. The second kappa shape index (κ2) is 6.19. The van der Waals surface area contributed by atoms with Gasteiger partial charge in [-0.2, -0.15) is 0 Å². The fourth-order valence-corrected chi connectivity index (χ4v) is 2.11. The Morgan fingerprint density at radius 2 is 2.21 bits per heavy atom. The summed E-state index contributed by atoms with van der Waals surface area (Å²) in [4.78, 5) is 22.9. The predicted molar refractivity (Wildman–Crippen MR) is 70.5 cm³/mol. The molecule has 2 heterocycles. The number of furan rings is 1. The molecule has 0 fully saturated rings. The van der Waals surface area contributed by atoms with Crippen molar-refractivity contribution in [2.24, 2.45) is 0 Å². The van der Waals surface area contributed by atoms with E-state index in [4.69, 9.17) is 4.42 Å². The van der Waals surface area contributed by atoms with Gasteiger partial charge in [-0.3, -0.25) is 9.59 Å². The van der Waals surface area contributed by atoms with Crippen molar-refractivity contribution >= 4 is 23.2 Å². The molecular formula is C13H13NO4S. The third-order valence-corrected chi connectivity index (χ3v) is 3.18. The molecule has 0 saturated heterocycles. The van der Waals surface area contributed by atoms with Gasteiger partial charge in [0.1, 0.15) is 11.5 Å². The fourth-order valence-electron chi connectivity index (χ4n) is 1.43. The molecule has 0 aromatic carbocycles. The van der Waals surface area contributed by atoms with Gasteiger partial charge in [-0.05, 0) is 23.6 Å². The minimum Gasteiger partial charge on any atom is -0.458 e. The highest BCUT2D eigenvalue weighted by atomic mass is 32.1. The number of hydrogen-bond donors (Lipinski definition) is 1. The highest BCUT2D eigenvalue weighted by molar-refractivity contribution is 7.13. The van der Waals surface area contributed by atoms with E-state index in [-0.39, 0.29) is 19.1 Å². The molecule has 2 aromatic heterocycles. The van der Waals surface area contributed by atoms with Gasteiger partial charge in [-0.1, -0.05) is 6.07 Å². The zero-order valence-electron chi connectivity index (χ0n) is 10.3. The van der Waals surface area contributed by atoms with Crippen LogP contribution < -0.4 is 5.32 Å². The SMILES string of the molecule is CC(=O)OCC(=O)NCc1ccc(-c2cccs2)o1. The van der Waals surface area contributed by atoms with E-state index in [1.54, 1.807) is 17.4 Å². The topological polar surface area (TPSA) is 68.5 Å². The first-order valence-electron chi connectivity index (χ1n) is 5.68. The lowest BCUT2D eigenvalue weighted by Gasteiger charge is -2.03. The molecule has 0 aliphatic rings. The van der Waals surface area contributed by atoms with Gasteiger partial charge in [-0.25, -0.2) is 0 Å². The Hall–Kier alpha value is -2.08. The summed E-state index contributed by atoms with van der Waals surface area (Å²) in [5, 5.41) is 4.58. The lowest BCUT2D eigenvalue weighted by Crippen LogP contribution is -2.27. The van der Waals surface area contributed by atoms with Gasteiger partial charge < -0.3 is 14.5 Å². The number of thiophene rings is 1. The van der Waals surface area contributed by atoms with E-state index in [0.29, 0.717) is 5.76 Å². The van der Waals surface area contributed by atoms with Gasteiger partial charge in [0, 0.05) is 6.92 Å². The summed E-state index contributed by atoms with van der Waals surface area (Å²) in [7, 11) is 0. The molecule has 5 nitrogen and oxygen atoms in total. The second-order valence-corrected chi connectivity index (χ2v) is 4.75. The molecule has 0 radical (unpaired) electrons. The number of carbonyl (C=O) groups is 2. The number of hydrogen-bond acceptors (Lipinski definition) is 5. The van der Waals surface area contributed by atoms with Crippen molar-refractivity contribution in [2.45, 2.75) is 13.5 Å². The molecule has 1 N–H and O–H groups in total. The van der Waals surface area contributed by atoms with Crippen molar-refractivity contribution in [3.63, 3.8) is 0 Å². The molecule has 2 rings (SSSR count). The maximum atomic E-state index is 11.3. The minimum atomic E-state index is -0.479. The smallest absolute Gasteiger partial charge is 0.303 e. The van der Waals surface area contributed by atoms with Gasteiger partial charge in [0.05, 0.1) is 11.4 Å². The van der Waals surface area contributed by atoms with Gasteiger partial charge in [0.15, 0.2) is 6.61 Å². The molecule has 0 aliphatic heterocycles. The van der Waals surface area contributed by atoms with Crippen molar-refractivity contribution in [3.05, 3.63) is 35.4 Å². The summed E-state index contributed by atoms with van der Waals surface area (Å²) < 4.78 is 10.2. The first kappa shape index (κ1) is 13.4. The highest BCUT2D eigenvalue weighted by Gasteiger charge is 2.08. The van der Waals surface area contributed by atoms with Crippen LogP contribution in [0.3, 0.4) is 0 Å². The molecule has 1 amide bonds.